The Morgan fingerprint density at radius 1 is 1.33 bits per heavy atom. The van der Waals surface area contributed by atoms with Crippen molar-refractivity contribution in [1.82, 2.24) is 0 Å². The molecule has 0 saturated heterocycles. The molecule has 110 valence electrons. The second kappa shape index (κ2) is 6.58. The van der Waals surface area contributed by atoms with Gasteiger partial charge in [-0.05, 0) is 34.1 Å². The number of ether oxygens (including phenoxy) is 2. The molecule has 2 aromatic rings. The summed E-state index contributed by atoms with van der Waals surface area (Å²) in [4.78, 5) is 12.0. The summed E-state index contributed by atoms with van der Waals surface area (Å²) in [6.07, 6.45) is 0. The number of nitrogen functional groups attached to an aromatic ring is 1. The number of halogens is 2. The number of esters is 1. The molecule has 0 aliphatic carbocycles. The Labute approximate surface area is 129 Å². The molecule has 0 radical (unpaired) electrons. The lowest BCUT2D eigenvalue weighted by Gasteiger charge is -2.10. The molecule has 2 aromatic carbocycles. The van der Waals surface area contributed by atoms with Crippen molar-refractivity contribution in [3.8, 4) is 5.75 Å². The summed E-state index contributed by atoms with van der Waals surface area (Å²) >= 11 is 3.12. The molecule has 0 spiro atoms. The number of rotatable bonds is 4. The van der Waals surface area contributed by atoms with Crippen molar-refractivity contribution in [3.63, 3.8) is 0 Å². The maximum atomic E-state index is 13.2. The summed E-state index contributed by atoms with van der Waals surface area (Å²) in [5.41, 5.74) is 6.25. The largest absolute Gasteiger partial charge is 0.496 e. The van der Waals surface area contributed by atoms with Crippen LogP contribution in [-0.4, -0.2) is 13.1 Å². The monoisotopic (exact) mass is 353 g/mol. The Balaban J connectivity index is 2.14. The predicted octanol–water partition coefficient (Wildman–Crippen LogP) is 3.54. The van der Waals surface area contributed by atoms with E-state index in [1.807, 2.05) is 12.1 Å². The first-order chi connectivity index (χ1) is 10.0. The number of methoxy groups -OCH3 is 1. The summed E-state index contributed by atoms with van der Waals surface area (Å²) in [5.74, 6) is -0.564. The number of para-hydroxylation sites is 1. The van der Waals surface area contributed by atoms with E-state index in [0.717, 1.165) is 11.6 Å². The van der Waals surface area contributed by atoms with Crippen molar-refractivity contribution in [2.75, 3.05) is 12.8 Å². The van der Waals surface area contributed by atoms with Crippen LogP contribution in [0.4, 0.5) is 10.1 Å². The Morgan fingerprint density at radius 3 is 2.76 bits per heavy atom. The van der Waals surface area contributed by atoms with Crippen LogP contribution in [0.25, 0.3) is 0 Å². The van der Waals surface area contributed by atoms with E-state index in [1.165, 1.54) is 13.2 Å². The highest BCUT2D eigenvalue weighted by Crippen LogP contribution is 2.24. The third kappa shape index (κ3) is 3.52. The minimum atomic E-state index is -0.598. The zero-order chi connectivity index (χ0) is 15.4. The van der Waals surface area contributed by atoms with Gasteiger partial charge in [0.25, 0.3) is 0 Å². The van der Waals surface area contributed by atoms with Crippen LogP contribution in [0.2, 0.25) is 0 Å². The Morgan fingerprint density at radius 2 is 2.05 bits per heavy atom. The predicted molar refractivity (Wildman–Crippen MR) is 80.6 cm³/mol. The van der Waals surface area contributed by atoms with Crippen molar-refractivity contribution >= 4 is 27.6 Å². The summed E-state index contributed by atoms with van der Waals surface area (Å²) in [7, 11) is 1.54. The van der Waals surface area contributed by atoms with Crippen LogP contribution in [-0.2, 0) is 11.3 Å². The van der Waals surface area contributed by atoms with Gasteiger partial charge in [-0.3, -0.25) is 0 Å². The molecule has 0 saturated carbocycles. The number of benzene rings is 2. The highest BCUT2D eigenvalue weighted by atomic mass is 79.9. The lowest BCUT2D eigenvalue weighted by Crippen LogP contribution is -2.08. The van der Waals surface area contributed by atoms with Gasteiger partial charge >= 0.3 is 5.97 Å². The van der Waals surface area contributed by atoms with Gasteiger partial charge in [-0.15, -0.1) is 0 Å². The molecule has 0 amide bonds. The molecule has 6 heteroatoms. The number of carbonyl (C=O) groups is 1. The second-order valence-corrected chi connectivity index (χ2v) is 5.10. The fourth-order valence-electron chi connectivity index (χ4n) is 1.77. The Kier molecular flexibility index (Phi) is 4.80. The van der Waals surface area contributed by atoms with Gasteiger partial charge in [0.15, 0.2) is 0 Å². The molecule has 0 atom stereocenters. The fraction of sp³-hybridized carbons (Fsp3) is 0.133. The van der Waals surface area contributed by atoms with Crippen LogP contribution >= 0.6 is 15.9 Å². The van der Waals surface area contributed by atoms with Crippen molar-refractivity contribution in [3.05, 3.63) is 57.8 Å². The van der Waals surface area contributed by atoms with Gasteiger partial charge in [0.1, 0.15) is 18.2 Å². The van der Waals surface area contributed by atoms with Crippen LogP contribution in [0, 0.1) is 5.82 Å². The van der Waals surface area contributed by atoms with E-state index in [4.69, 9.17) is 15.2 Å². The van der Waals surface area contributed by atoms with Crippen LogP contribution in [0.5, 0.6) is 5.75 Å². The molecule has 21 heavy (non-hydrogen) atoms. The lowest BCUT2D eigenvalue weighted by molar-refractivity contribution is 0.0469. The van der Waals surface area contributed by atoms with E-state index < -0.39 is 11.8 Å². The zero-order valence-electron chi connectivity index (χ0n) is 11.2. The first kappa shape index (κ1) is 15.3. The van der Waals surface area contributed by atoms with Gasteiger partial charge in [-0.25, -0.2) is 9.18 Å². The van der Waals surface area contributed by atoms with E-state index >= 15 is 0 Å². The minimum Gasteiger partial charge on any atom is -0.496 e. The normalized spacial score (nSPS) is 10.2. The summed E-state index contributed by atoms with van der Waals surface area (Å²) in [6, 6.07) is 9.58. The maximum Gasteiger partial charge on any atom is 0.339 e. The zero-order valence-corrected chi connectivity index (χ0v) is 12.8. The minimum absolute atomic E-state index is 0.0482. The van der Waals surface area contributed by atoms with Gasteiger partial charge in [0.05, 0.1) is 18.4 Å². The molecule has 0 unspecified atom stereocenters. The van der Waals surface area contributed by atoms with Gasteiger partial charge < -0.3 is 15.2 Å². The van der Waals surface area contributed by atoms with E-state index in [0.29, 0.717) is 10.2 Å². The quantitative estimate of drug-likeness (QED) is 0.674. The van der Waals surface area contributed by atoms with Gasteiger partial charge in [-0.2, -0.15) is 0 Å². The van der Waals surface area contributed by atoms with Crippen LogP contribution < -0.4 is 10.5 Å². The Hall–Kier alpha value is -2.08. The number of anilines is 1. The van der Waals surface area contributed by atoms with Crippen molar-refractivity contribution in [2.45, 2.75) is 6.61 Å². The standard InChI is InChI=1S/C15H13BrFNO3/c1-20-14-5-3-2-4-9(14)8-21-15(19)10-6-13(18)12(17)7-11(10)16/h2-7H,8,18H2,1H3. The smallest absolute Gasteiger partial charge is 0.339 e. The van der Waals surface area contributed by atoms with Crippen molar-refractivity contribution in [2.24, 2.45) is 0 Å². The van der Waals surface area contributed by atoms with E-state index in [2.05, 4.69) is 15.9 Å². The highest BCUT2D eigenvalue weighted by Gasteiger charge is 2.15. The number of hydrogen-bond donors (Lipinski definition) is 1. The van der Waals surface area contributed by atoms with Crippen molar-refractivity contribution in [1.29, 1.82) is 0 Å². The number of hydrogen-bond acceptors (Lipinski definition) is 4. The van der Waals surface area contributed by atoms with Crippen molar-refractivity contribution < 1.29 is 18.7 Å². The number of nitrogens with two attached hydrogens (primary N) is 1. The average molecular weight is 354 g/mol. The van der Waals surface area contributed by atoms with E-state index in [1.54, 1.807) is 12.1 Å². The van der Waals surface area contributed by atoms with Gasteiger partial charge in [0.2, 0.25) is 0 Å². The molecule has 2 N–H and O–H groups in total. The summed E-state index contributed by atoms with van der Waals surface area (Å²) < 4.78 is 23.9. The average Bonchev–Trinajstić information content (AvgIpc) is 2.48. The third-order valence-electron chi connectivity index (χ3n) is 2.86. The third-order valence-corrected chi connectivity index (χ3v) is 3.51. The van der Waals surface area contributed by atoms with Gasteiger partial charge in [-0.1, -0.05) is 18.2 Å². The molecule has 0 aromatic heterocycles. The van der Waals surface area contributed by atoms with E-state index in [-0.39, 0.29) is 17.9 Å². The molecule has 0 heterocycles. The molecule has 0 bridgehead atoms. The first-order valence-electron chi connectivity index (χ1n) is 6.06. The summed E-state index contributed by atoms with van der Waals surface area (Å²) in [6.45, 7) is 0.0482. The second-order valence-electron chi connectivity index (χ2n) is 4.24. The first-order valence-corrected chi connectivity index (χ1v) is 6.85. The fourth-order valence-corrected chi connectivity index (χ4v) is 2.24. The van der Waals surface area contributed by atoms with E-state index in [9.17, 15) is 9.18 Å². The number of carbonyl (C=O) groups excluding carboxylic acids is 1. The summed E-state index contributed by atoms with van der Waals surface area (Å²) in [5, 5.41) is 0. The van der Waals surface area contributed by atoms with Crippen LogP contribution in [0.15, 0.2) is 40.9 Å². The molecular formula is C15H13BrFNO3. The SMILES string of the molecule is COc1ccccc1COC(=O)c1cc(N)c(F)cc1Br. The molecule has 0 aliphatic heterocycles. The maximum absolute atomic E-state index is 13.2. The molecule has 4 nitrogen and oxygen atoms in total. The molecule has 0 aliphatic rings. The molecule has 0 fully saturated rings. The molecular weight excluding hydrogens is 341 g/mol. The Bertz CT molecular complexity index is 676. The highest BCUT2D eigenvalue weighted by molar-refractivity contribution is 9.10. The topological polar surface area (TPSA) is 61.5 Å². The lowest BCUT2D eigenvalue weighted by atomic mass is 10.2. The van der Waals surface area contributed by atoms with Crippen LogP contribution in [0.1, 0.15) is 15.9 Å². The van der Waals surface area contributed by atoms with Gasteiger partial charge in [0, 0.05) is 10.0 Å². The van der Waals surface area contributed by atoms with Crippen LogP contribution in [0.3, 0.4) is 0 Å². The molecule has 2 rings (SSSR count).